The molecule has 250 valence electrons. The van der Waals surface area contributed by atoms with E-state index in [1.165, 1.54) is 50.1 Å². The first-order valence-corrected chi connectivity index (χ1v) is 18.5. The molecule has 8 aromatic rings. The Morgan fingerprint density at radius 1 is 0.327 bits per heavy atom. The Bertz CT molecular complexity index is 2400. The Hall–Kier alpha value is -6.09. The van der Waals surface area contributed by atoms with Gasteiger partial charge in [0.05, 0.1) is 5.69 Å². The number of para-hydroxylation sites is 1. The van der Waals surface area contributed by atoms with Gasteiger partial charge in [-0.2, -0.15) is 12.6 Å². The first kappa shape index (κ1) is 33.1. The van der Waals surface area contributed by atoms with Crippen LogP contribution in [0.5, 0.6) is 0 Å². The minimum absolute atomic E-state index is 0.840. The van der Waals surface area contributed by atoms with Crippen molar-refractivity contribution in [3.63, 3.8) is 0 Å². The number of rotatable bonds is 10. The summed E-state index contributed by atoms with van der Waals surface area (Å²) in [6.07, 6.45) is 0.962. The van der Waals surface area contributed by atoms with Gasteiger partial charge in [0.1, 0.15) is 0 Å². The summed E-state index contributed by atoms with van der Waals surface area (Å²) in [5.41, 5.74) is 16.5. The molecule has 0 aromatic heterocycles. The van der Waals surface area contributed by atoms with Crippen LogP contribution in [0.3, 0.4) is 0 Å². The van der Waals surface area contributed by atoms with Crippen molar-refractivity contribution in [2.75, 3.05) is 10.7 Å². The molecule has 2 heteroatoms. The molecular weight excluding hydrogens is 647 g/mol. The summed E-state index contributed by atoms with van der Waals surface area (Å²) in [5.74, 6) is 0.840. The predicted octanol–water partition coefficient (Wildman–Crippen LogP) is 14.0. The van der Waals surface area contributed by atoms with Crippen LogP contribution in [0.25, 0.3) is 55.6 Å². The van der Waals surface area contributed by atoms with Gasteiger partial charge in [0, 0.05) is 16.9 Å². The summed E-state index contributed by atoms with van der Waals surface area (Å²) in [4.78, 5) is 2.41. The fraction of sp³-hybridized carbons (Fsp3) is 0.0400. The van der Waals surface area contributed by atoms with E-state index in [1.54, 1.807) is 0 Å². The van der Waals surface area contributed by atoms with E-state index in [9.17, 15) is 0 Å². The van der Waals surface area contributed by atoms with Crippen molar-refractivity contribution in [2.24, 2.45) is 0 Å². The van der Waals surface area contributed by atoms with Gasteiger partial charge < -0.3 is 4.90 Å². The average Bonchev–Trinajstić information content (AvgIpc) is 3.23. The number of nitrogens with zero attached hydrogens (tertiary/aromatic N) is 1. The Kier molecular flexibility index (Phi) is 9.82. The summed E-state index contributed by atoms with van der Waals surface area (Å²) in [6.45, 7) is 0. The number of aryl methyl sites for hydroxylation is 1. The maximum Gasteiger partial charge on any atom is 0.0540 e. The van der Waals surface area contributed by atoms with Crippen LogP contribution in [0.4, 0.5) is 17.1 Å². The molecule has 0 amide bonds. The SMILES string of the molecule is SCCc1ccc(-c2cccc(N(c3cccc(-c4ccccc4)c3)c3ccccc3-c3ccc(-c4ccccc4)c(-c4ccccc4)c3)c2)cc1. The Morgan fingerprint density at radius 2 is 0.808 bits per heavy atom. The van der Waals surface area contributed by atoms with Crippen LogP contribution in [-0.4, -0.2) is 5.75 Å². The van der Waals surface area contributed by atoms with E-state index >= 15 is 0 Å². The van der Waals surface area contributed by atoms with Gasteiger partial charge in [-0.1, -0.05) is 170 Å². The number of hydrogen-bond donors (Lipinski definition) is 1. The molecule has 0 bridgehead atoms. The second-order valence-corrected chi connectivity index (χ2v) is 13.4. The molecule has 0 saturated carbocycles. The van der Waals surface area contributed by atoms with Crippen LogP contribution in [0.2, 0.25) is 0 Å². The zero-order chi connectivity index (χ0) is 35.1. The minimum atomic E-state index is 0.840. The van der Waals surface area contributed by atoms with Crippen molar-refractivity contribution < 1.29 is 0 Å². The van der Waals surface area contributed by atoms with Gasteiger partial charge in [-0.05, 0) is 104 Å². The van der Waals surface area contributed by atoms with Crippen LogP contribution >= 0.6 is 12.6 Å². The lowest BCUT2D eigenvalue weighted by Gasteiger charge is -2.29. The van der Waals surface area contributed by atoms with Crippen LogP contribution in [0, 0.1) is 0 Å². The molecule has 0 unspecified atom stereocenters. The summed E-state index contributed by atoms with van der Waals surface area (Å²) in [6, 6.07) is 74.4. The van der Waals surface area contributed by atoms with E-state index in [0.29, 0.717) is 0 Å². The molecule has 0 radical (unpaired) electrons. The molecule has 0 aliphatic heterocycles. The first-order valence-electron chi connectivity index (χ1n) is 17.9. The standard InChI is InChI=1S/C50H39NS/c52-33-32-37-26-28-39(29-27-37)43-21-13-23-46(35-43)51(45-22-12-20-42(34-45)38-14-4-1-5-15-38)50-25-11-10-24-48(50)44-30-31-47(40-16-6-2-7-17-40)49(36-44)41-18-8-3-9-19-41/h1-31,34-36,52H,32-33H2. The van der Waals surface area contributed by atoms with E-state index in [-0.39, 0.29) is 0 Å². The zero-order valence-corrected chi connectivity index (χ0v) is 29.8. The molecule has 0 saturated heterocycles. The largest absolute Gasteiger partial charge is 0.310 e. The Morgan fingerprint density at radius 3 is 1.40 bits per heavy atom. The van der Waals surface area contributed by atoms with Crippen molar-refractivity contribution >= 4 is 29.7 Å². The molecule has 0 atom stereocenters. The molecule has 0 spiro atoms. The maximum absolute atomic E-state index is 4.44. The smallest absolute Gasteiger partial charge is 0.0540 e. The molecule has 8 rings (SSSR count). The molecule has 8 aromatic carbocycles. The second-order valence-electron chi connectivity index (χ2n) is 13.0. The summed E-state index contributed by atoms with van der Waals surface area (Å²) < 4.78 is 0. The van der Waals surface area contributed by atoms with Crippen LogP contribution in [0.1, 0.15) is 5.56 Å². The van der Waals surface area contributed by atoms with E-state index in [0.717, 1.165) is 40.4 Å². The van der Waals surface area contributed by atoms with Gasteiger partial charge >= 0.3 is 0 Å². The van der Waals surface area contributed by atoms with Crippen molar-refractivity contribution in [3.05, 3.63) is 212 Å². The fourth-order valence-corrected chi connectivity index (χ4v) is 7.31. The first-order chi connectivity index (χ1) is 25.7. The molecule has 0 N–H and O–H groups in total. The third-order valence-corrected chi connectivity index (χ3v) is 9.87. The molecule has 1 nitrogen and oxygen atoms in total. The summed E-state index contributed by atoms with van der Waals surface area (Å²) >= 11 is 4.44. The average molecular weight is 686 g/mol. The van der Waals surface area contributed by atoms with Crippen LogP contribution in [-0.2, 0) is 6.42 Å². The predicted molar refractivity (Wildman–Crippen MR) is 226 cm³/mol. The summed E-state index contributed by atoms with van der Waals surface area (Å²) in [5, 5.41) is 0. The minimum Gasteiger partial charge on any atom is -0.310 e. The fourth-order valence-electron chi connectivity index (χ4n) is 7.05. The maximum atomic E-state index is 4.44. The van der Waals surface area contributed by atoms with Crippen molar-refractivity contribution in [2.45, 2.75) is 6.42 Å². The third kappa shape index (κ3) is 7.07. The lowest BCUT2D eigenvalue weighted by Crippen LogP contribution is -2.11. The molecular formula is C50H39NS. The molecule has 0 aliphatic carbocycles. The van der Waals surface area contributed by atoms with Crippen molar-refractivity contribution in [3.8, 4) is 55.6 Å². The normalized spacial score (nSPS) is 10.9. The highest BCUT2D eigenvalue weighted by atomic mass is 32.1. The lowest BCUT2D eigenvalue weighted by atomic mass is 9.90. The van der Waals surface area contributed by atoms with E-state index in [2.05, 4.69) is 224 Å². The highest BCUT2D eigenvalue weighted by Crippen LogP contribution is 2.44. The Balaban J connectivity index is 1.30. The molecule has 52 heavy (non-hydrogen) atoms. The number of anilines is 3. The van der Waals surface area contributed by atoms with Crippen LogP contribution < -0.4 is 4.90 Å². The number of hydrogen-bond acceptors (Lipinski definition) is 2. The van der Waals surface area contributed by atoms with Gasteiger partial charge in [-0.25, -0.2) is 0 Å². The highest BCUT2D eigenvalue weighted by molar-refractivity contribution is 7.80. The number of benzene rings is 8. The summed E-state index contributed by atoms with van der Waals surface area (Å²) in [7, 11) is 0. The van der Waals surface area contributed by atoms with Crippen LogP contribution in [0.15, 0.2) is 206 Å². The van der Waals surface area contributed by atoms with Gasteiger partial charge in [0.2, 0.25) is 0 Å². The van der Waals surface area contributed by atoms with E-state index in [4.69, 9.17) is 0 Å². The highest BCUT2D eigenvalue weighted by Gasteiger charge is 2.19. The molecule has 0 heterocycles. The van der Waals surface area contributed by atoms with Gasteiger partial charge in [0.25, 0.3) is 0 Å². The van der Waals surface area contributed by atoms with Gasteiger partial charge in [0.15, 0.2) is 0 Å². The van der Waals surface area contributed by atoms with Crippen molar-refractivity contribution in [1.82, 2.24) is 0 Å². The Labute approximate surface area is 312 Å². The molecule has 0 aliphatic rings. The third-order valence-electron chi connectivity index (χ3n) is 9.65. The zero-order valence-electron chi connectivity index (χ0n) is 28.9. The lowest BCUT2D eigenvalue weighted by molar-refractivity contribution is 1.16. The number of thiol groups is 1. The van der Waals surface area contributed by atoms with E-state index < -0.39 is 0 Å². The van der Waals surface area contributed by atoms with E-state index in [1.807, 2.05) is 0 Å². The van der Waals surface area contributed by atoms with Gasteiger partial charge in [-0.15, -0.1) is 0 Å². The topological polar surface area (TPSA) is 3.24 Å². The second kappa shape index (κ2) is 15.4. The molecule has 0 fully saturated rings. The van der Waals surface area contributed by atoms with Gasteiger partial charge in [-0.3, -0.25) is 0 Å². The monoisotopic (exact) mass is 685 g/mol. The quantitative estimate of drug-likeness (QED) is 0.140. The van der Waals surface area contributed by atoms with Crippen molar-refractivity contribution in [1.29, 1.82) is 0 Å².